The fourth-order valence-electron chi connectivity index (χ4n) is 3.49. The van der Waals surface area contributed by atoms with Gasteiger partial charge in [0.1, 0.15) is 5.02 Å². The molecular formula is C20H17ClN6O5S2. The number of nitro benzene ring substituents is 1. The Kier molecular flexibility index (Phi) is 5.96. The highest BCUT2D eigenvalue weighted by Gasteiger charge is 2.39. The van der Waals surface area contributed by atoms with Gasteiger partial charge in [-0.2, -0.15) is 10.0 Å². The summed E-state index contributed by atoms with van der Waals surface area (Å²) in [6.45, 7) is 5.04. The highest BCUT2D eigenvalue weighted by molar-refractivity contribution is 8.42. The fourth-order valence-corrected chi connectivity index (χ4v) is 5.84. The number of sulfone groups is 1. The van der Waals surface area contributed by atoms with E-state index in [1.165, 1.54) is 25.1 Å². The molecule has 3 heterocycles. The van der Waals surface area contributed by atoms with Crippen LogP contribution in [-0.4, -0.2) is 50.0 Å². The second-order valence-electron chi connectivity index (χ2n) is 7.34. The summed E-state index contributed by atoms with van der Waals surface area (Å²) in [6, 6.07) is 6.20. The van der Waals surface area contributed by atoms with Crippen molar-refractivity contribution in [2.75, 3.05) is 5.75 Å². The number of amides is 1. The smallest absolute Gasteiger partial charge is 0.289 e. The molecular weight excluding hydrogens is 504 g/mol. The van der Waals surface area contributed by atoms with E-state index in [0.717, 1.165) is 22.5 Å². The average molecular weight is 521 g/mol. The molecule has 0 radical (unpaired) electrons. The standard InChI is InChI=1S/C20H17ClN6O5S2/c1-4-34(31,32)20-24-26-17(22)14(18(28)23-19(26)33-20)8-12-7-10(2)25(11(12)3)13-5-6-15(21)16(9-13)27(29)30/h5-9,22H,4H2,1-3H3/b14-8-,22-17?. The van der Waals surface area contributed by atoms with E-state index in [0.29, 0.717) is 16.9 Å². The number of amidine groups is 2. The van der Waals surface area contributed by atoms with Crippen LogP contribution in [0.15, 0.2) is 39.9 Å². The molecule has 1 amide bonds. The molecule has 1 aromatic carbocycles. The van der Waals surface area contributed by atoms with E-state index in [1.807, 2.05) is 0 Å². The summed E-state index contributed by atoms with van der Waals surface area (Å²) in [4.78, 5) is 27.3. The Labute approximate surface area is 203 Å². The Balaban J connectivity index is 1.76. The number of nitro groups is 1. The third kappa shape index (κ3) is 3.95. The first-order valence-electron chi connectivity index (χ1n) is 9.80. The maximum absolute atomic E-state index is 12.7. The molecule has 0 fully saturated rings. The number of hydrogen-bond acceptors (Lipinski definition) is 8. The molecule has 4 rings (SSSR count). The van der Waals surface area contributed by atoms with Gasteiger partial charge in [0.2, 0.25) is 19.4 Å². The van der Waals surface area contributed by atoms with Crippen LogP contribution < -0.4 is 0 Å². The van der Waals surface area contributed by atoms with Crippen LogP contribution in [0.3, 0.4) is 0 Å². The zero-order valence-electron chi connectivity index (χ0n) is 18.1. The van der Waals surface area contributed by atoms with E-state index in [1.54, 1.807) is 30.5 Å². The predicted octanol–water partition coefficient (Wildman–Crippen LogP) is 3.67. The molecule has 34 heavy (non-hydrogen) atoms. The van der Waals surface area contributed by atoms with Gasteiger partial charge in [-0.05, 0) is 55.4 Å². The first-order valence-corrected chi connectivity index (χ1v) is 12.7. The Morgan fingerprint density at radius 3 is 2.65 bits per heavy atom. The highest BCUT2D eigenvalue weighted by atomic mass is 35.5. The molecule has 176 valence electrons. The topological polar surface area (TPSA) is 151 Å². The molecule has 0 atom stereocenters. The van der Waals surface area contributed by atoms with Crippen molar-refractivity contribution < 1.29 is 18.1 Å². The number of rotatable bonds is 4. The molecule has 0 aliphatic carbocycles. The lowest BCUT2D eigenvalue weighted by Gasteiger charge is -2.20. The second kappa shape index (κ2) is 8.49. The number of aromatic nitrogens is 1. The number of hydrazone groups is 1. The van der Waals surface area contributed by atoms with Gasteiger partial charge in [0, 0.05) is 17.5 Å². The molecule has 2 aromatic rings. The summed E-state index contributed by atoms with van der Waals surface area (Å²) >= 11 is 6.66. The molecule has 1 aromatic heterocycles. The van der Waals surface area contributed by atoms with Crippen molar-refractivity contribution in [3.05, 3.63) is 61.9 Å². The predicted molar refractivity (Wildman–Crippen MR) is 131 cm³/mol. The minimum Gasteiger partial charge on any atom is -0.318 e. The summed E-state index contributed by atoms with van der Waals surface area (Å²) in [7, 11) is -3.62. The maximum atomic E-state index is 12.7. The number of fused-ring (bicyclic) bond motifs is 1. The van der Waals surface area contributed by atoms with Crippen LogP contribution in [0.4, 0.5) is 5.69 Å². The van der Waals surface area contributed by atoms with Gasteiger partial charge >= 0.3 is 0 Å². The molecule has 14 heteroatoms. The molecule has 0 saturated heterocycles. The summed E-state index contributed by atoms with van der Waals surface area (Å²) in [6.07, 6.45) is 1.47. The Morgan fingerprint density at radius 1 is 1.29 bits per heavy atom. The number of carbonyl (C=O) groups is 1. The molecule has 0 unspecified atom stereocenters. The Hall–Kier alpha value is -3.29. The third-order valence-electron chi connectivity index (χ3n) is 5.24. The van der Waals surface area contributed by atoms with Gasteiger partial charge in [-0.25, -0.2) is 8.42 Å². The lowest BCUT2D eigenvalue weighted by molar-refractivity contribution is -0.384. The van der Waals surface area contributed by atoms with Crippen molar-refractivity contribution in [1.29, 1.82) is 5.41 Å². The number of halogens is 1. The molecule has 0 saturated carbocycles. The number of carbonyl (C=O) groups excluding carboxylic acids is 1. The summed E-state index contributed by atoms with van der Waals surface area (Å²) in [5.41, 5.74) is 2.18. The van der Waals surface area contributed by atoms with Gasteiger partial charge in [0.15, 0.2) is 5.84 Å². The summed E-state index contributed by atoms with van der Waals surface area (Å²) in [5.74, 6) is -1.16. The van der Waals surface area contributed by atoms with Crippen LogP contribution in [0, 0.1) is 29.4 Å². The first kappa shape index (κ1) is 23.9. The maximum Gasteiger partial charge on any atom is 0.289 e. The summed E-state index contributed by atoms with van der Waals surface area (Å²) in [5, 5.41) is 24.8. The van der Waals surface area contributed by atoms with Gasteiger partial charge in [0.05, 0.1) is 21.9 Å². The molecule has 2 aliphatic heterocycles. The number of nitrogens with one attached hydrogen (secondary N) is 1. The third-order valence-corrected chi connectivity index (χ3v) is 8.65. The second-order valence-corrected chi connectivity index (χ2v) is 11.2. The van der Waals surface area contributed by atoms with Gasteiger partial charge in [-0.1, -0.05) is 18.5 Å². The average Bonchev–Trinajstić information content (AvgIpc) is 3.33. The van der Waals surface area contributed by atoms with Crippen molar-refractivity contribution in [3.8, 4) is 5.69 Å². The van der Waals surface area contributed by atoms with E-state index in [-0.39, 0.29) is 37.4 Å². The van der Waals surface area contributed by atoms with E-state index < -0.39 is 20.7 Å². The van der Waals surface area contributed by atoms with E-state index >= 15 is 0 Å². The minimum atomic E-state index is -3.62. The van der Waals surface area contributed by atoms with Crippen molar-refractivity contribution in [3.63, 3.8) is 0 Å². The molecule has 0 bridgehead atoms. The molecule has 1 N–H and O–H groups in total. The number of thioether (sulfide) groups is 1. The number of hydrogen-bond donors (Lipinski definition) is 1. The van der Waals surface area contributed by atoms with Gasteiger partial charge < -0.3 is 4.57 Å². The monoisotopic (exact) mass is 520 g/mol. The van der Waals surface area contributed by atoms with E-state index in [9.17, 15) is 23.3 Å². The highest BCUT2D eigenvalue weighted by Crippen LogP contribution is 2.32. The van der Waals surface area contributed by atoms with Crippen LogP contribution in [0.2, 0.25) is 5.02 Å². The van der Waals surface area contributed by atoms with Crippen LogP contribution >= 0.6 is 23.4 Å². The molecule has 0 spiro atoms. The van der Waals surface area contributed by atoms with Crippen molar-refractivity contribution in [1.82, 2.24) is 9.58 Å². The number of benzene rings is 1. The SMILES string of the molecule is CCS(=O)(=O)C1=NN2C(=N)/C(=C/c3cc(C)n(-c4ccc(Cl)c([N+](=O)[O-])c4)c3C)C(=O)N=C2S1. The molecule has 2 aliphatic rings. The van der Waals surface area contributed by atoms with Crippen LogP contribution in [-0.2, 0) is 14.6 Å². The summed E-state index contributed by atoms with van der Waals surface area (Å²) < 4.78 is 25.9. The van der Waals surface area contributed by atoms with E-state index in [2.05, 4.69) is 10.1 Å². The van der Waals surface area contributed by atoms with E-state index in [4.69, 9.17) is 17.0 Å². The van der Waals surface area contributed by atoms with Crippen LogP contribution in [0.1, 0.15) is 23.9 Å². The van der Waals surface area contributed by atoms with Crippen molar-refractivity contribution in [2.45, 2.75) is 20.8 Å². The zero-order chi connectivity index (χ0) is 24.9. The van der Waals surface area contributed by atoms with Crippen LogP contribution in [0.5, 0.6) is 0 Å². The Morgan fingerprint density at radius 2 is 2.00 bits per heavy atom. The van der Waals surface area contributed by atoms with Gasteiger partial charge in [-0.3, -0.25) is 20.3 Å². The normalized spacial score (nSPS) is 17.2. The fraction of sp³-hybridized carbons (Fsp3) is 0.200. The zero-order valence-corrected chi connectivity index (χ0v) is 20.5. The van der Waals surface area contributed by atoms with Crippen molar-refractivity contribution >= 4 is 66.2 Å². The quantitative estimate of drug-likeness (QED) is 0.367. The van der Waals surface area contributed by atoms with Gasteiger partial charge in [-0.15, -0.1) is 5.10 Å². The minimum absolute atomic E-state index is 0.0121. The first-order chi connectivity index (χ1) is 15.9. The number of aliphatic imine (C=N–C) groups is 1. The van der Waals surface area contributed by atoms with Crippen molar-refractivity contribution in [2.24, 2.45) is 10.1 Å². The molecule has 11 nitrogen and oxygen atoms in total. The Bertz CT molecular complexity index is 1490. The largest absolute Gasteiger partial charge is 0.318 e. The van der Waals surface area contributed by atoms with Crippen LogP contribution in [0.25, 0.3) is 11.8 Å². The lowest BCUT2D eigenvalue weighted by atomic mass is 10.1. The number of aryl methyl sites for hydroxylation is 1. The lowest BCUT2D eigenvalue weighted by Crippen LogP contribution is -2.35. The number of nitrogens with zero attached hydrogens (tertiary/aromatic N) is 5. The van der Waals surface area contributed by atoms with Gasteiger partial charge in [0.25, 0.3) is 11.6 Å².